The summed E-state index contributed by atoms with van der Waals surface area (Å²) in [5.41, 5.74) is 1.89. The number of hydrogen-bond acceptors (Lipinski definition) is 5. The van der Waals surface area contributed by atoms with Crippen LogP contribution in [0.15, 0.2) is 42.2 Å². The first-order valence-corrected chi connectivity index (χ1v) is 7.91. The minimum atomic E-state index is 0.0506. The highest BCUT2D eigenvalue weighted by Gasteiger charge is 2.32. The Balaban J connectivity index is 1.36. The lowest BCUT2D eigenvalue weighted by Gasteiger charge is -2.38. The molecule has 7 heteroatoms. The summed E-state index contributed by atoms with van der Waals surface area (Å²) >= 11 is 1.47. The van der Waals surface area contributed by atoms with Gasteiger partial charge >= 0.3 is 0 Å². The molecule has 0 aliphatic carbocycles. The van der Waals surface area contributed by atoms with Crippen molar-refractivity contribution in [1.82, 2.24) is 19.4 Å². The maximum absolute atomic E-state index is 12.3. The van der Waals surface area contributed by atoms with E-state index in [1.165, 1.54) is 11.3 Å². The highest BCUT2D eigenvalue weighted by Crippen LogP contribution is 2.20. The number of rotatable bonds is 4. The first-order chi connectivity index (χ1) is 10.8. The molecule has 112 valence electrons. The Hall–Kier alpha value is -2.41. The number of likely N-dealkylation sites (tertiary alicyclic amines) is 1. The third-order valence-corrected chi connectivity index (χ3v) is 4.37. The predicted molar refractivity (Wildman–Crippen MR) is 82.8 cm³/mol. The van der Waals surface area contributed by atoms with Gasteiger partial charge < -0.3 is 14.2 Å². The third kappa shape index (κ3) is 2.43. The molecule has 22 heavy (non-hydrogen) atoms. The van der Waals surface area contributed by atoms with Crippen LogP contribution in [-0.2, 0) is 11.3 Å². The topological polar surface area (TPSA) is 60.2 Å². The maximum atomic E-state index is 12.3. The van der Waals surface area contributed by atoms with Crippen molar-refractivity contribution >= 4 is 28.3 Å². The molecule has 2 aromatic heterocycles. The molecular weight excluding hydrogens is 300 g/mol. The van der Waals surface area contributed by atoms with Crippen LogP contribution in [0.2, 0.25) is 0 Å². The molecule has 3 aromatic rings. The van der Waals surface area contributed by atoms with E-state index < -0.39 is 0 Å². The number of benzene rings is 1. The number of thiazole rings is 1. The molecule has 1 amide bonds. The summed E-state index contributed by atoms with van der Waals surface area (Å²) in [7, 11) is 0. The fraction of sp³-hybridized carbons (Fsp3) is 0.267. The van der Waals surface area contributed by atoms with Crippen LogP contribution in [0.4, 0.5) is 0 Å². The van der Waals surface area contributed by atoms with Crippen molar-refractivity contribution in [2.45, 2.75) is 12.6 Å². The fourth-order valence-corrected chi connectivity index (χ4v) is 3.06. The summed E-state index contributed by atoms with van der Waals surface area (Å²) < 4.78 is 7.55. The van der Waals surface area contributed by atoms with Crippen LogP contribution in [0.25, 0.3) is 11.0 Å². The van der Waals surface area contributed by atoms with Gasteiger partial charge in [-0.3, -0.25) is 4.79 Å². The number of amides is 1. The minimum absolute atomic E-state index is 0.0506. The molecule has 4 rings (SSSR count). The zero-order valence-electron chi connectivity index (χ0n) is 11.8. The van der Waals surface area contributed by atoms with Gasteiger partial charge in [0.1, 0.15) is 12.6 Å². The van der Waals surface area contributed by atoms with E-state index in [1.54, 1.807) is 17.4 Å². The first kappa shape index (κ1) is 13.3. The molecule has 0 bridgehead atoms. The van der Waals surface area contributed by atoms with E-state index in [2.05, 4.69) is 9.97 Å². The van der Waals surface area contributed by atoms with Crippen molar-refractivity contribution in [3.63, 3.8) is 0 Å². The number of ether oxygens (including phenoxy) is 1. The summed E-state index contributed by atoms with van der Waals surface area (Å²) in [6.45, 7) is 1.54. The lowest BCUT2D eigenvalue weighted by atomic mass is 10.1. The summed E-state index contributed by atoms with van der Waals surface area (Å²) in [6, 6.07) is 7.81. The highest BCUT2D eigenvalue weighted by atomic mass is 32.1. The van der Waals surface area contributed by atoms with Crippen molar-refractivity contribution in [2.24, 2.45) is 0 Å². The first-order valence-electron chi connectivity index (χ1n) is 7.03. The Kier molecular flexibility index (Phi) is 3.27. The van der Waals surface area contributed by atoms with Gasteiger partial charge in [-0.25, -0.2) is 9.97 Å². The van der Waals surface area contributed by atoms with Crippen LogP contribution in [-0.4, -0.2) is 44.5 Å². The van der Waals surface area contributed by atoms with Crippen molar-refractivity contribution in [3.05, 3.63) is 42.2 Å². The van der Waals surface area contributed by atoms with Crippen molar-refractivity contribution in [1.29, 1.82) is 0 Å². The van der Waals surface area contributed by atoms with E-state index >= 15 is 0 Å². The van der Waals surface area contributed by atoms with Gasteiger partial charge in [0.15, 0.2) is 0 Å². The molecule has 1 aliphatic heterocycles. The van der Waals surface area contributed by atoms with Gasteiger partial charge in [-0.1, -0.05) is 23.5 Å². The number of carbonyl (C=O) groups excluding carboxylic acids is 1. The average Bonchev–Trinajstić information content (AvgIpc) is 3.12. The normalized spacial score (nSPS) is 15.0. The second kappa shape index (κ2) is 5.42. The van der Waals surface area contributed by atoms with E-state index in [-0.39, 0.29) is 12.0 Å². The van der Waals surface area contributed by atoms with Crippen LogP contribution >= 0.6 is 11.3 Å². The number of imidazole rings is 1. The number of aromatic nitrogens is 3. The molecule has 1 saturated heterocycles. The van der Waals surface area contributed by atoms with Gasteiger partial charge in [-0.05, 0) is 12.1 Å². The second-order valence-electron chi connectivity index (χ2n) is 5.20. The summed E-state index contributed by atoms with van der Waals surface area (Å²) in [5.74, 6) is 0.0853. The second-order valence-corrected chi connectivity index (χ2v) is 6.05. The Morgan fingerprint density at radius 3 is 3.00 bits per heavy atom. The largest absolute Gasteiger partial charge is 0.463 e. The van der Waals surface area contributed by atoms with Gasteiger partial charge in [0, 0.05) is 11.6 Å². The van der Waals surface area contributed by atoms with E-state index in [4.69, 9.17) is 4.74 Å². The molecule has 3 heterocycles. The molecule has 1 aromatic carbocycles. The van der Waals surface area contributed by atoms with Gasteiger partial charge in [0.25, 0.3) is 5.19 Å². The van der Waals surface area contributed by atoms with Crippen LogP contribution in [0.5, 0.6) is 5.19 Å². The molecule has 1 fully saturated rings. The molecule has 0 N–H and O–H groups in total. The Labute approximate surface area is 131 Å². The predicted octanol–water partition coefficient (Wildman–Crippen LogP) is 1.78. The molecular formula is C15H14N4O2S. The molecule has 0 spiro atoms. The van der Waals surface area contributed by atoms with Gasteiger partial charge in [-0.15, -0.1) is 0 Å². The Morgan fingerprint density at radius 2 is 2.18 bits per heavy atom. The van der Waals surface area contributed by atoms with Crippen molar-refractivity contribution in [3.8, 4) is 5.19 Å². The van der Waals surface area contributed by atoms with Crippen LogP contribution < -0.4 is 4.74 Å². The number of carbonyl (C=O) groups is 1. The molecule has 0 saturated carbocycles. The van der Waals surface area contributed by atoms with Gasteiger partial charge in [0.05, 0.1) is 30.5 Å². The SMILES string of the molecule is O=C(Cn1cnc2ccccc21)N1CC(Oc2nccs2)C1. The molecule has 0 radical (unpaired) electrons. The number of hydrogen-bond donors (Lipinski definition) is 0. The van der Waals surface area contributed by atoms with Crippen LogP contribution in [0.1, 0.15) is 0 Å². The lowest BCUT2D eigenvalue weighted by Crippen LogP contribution is -2.56. The van der Waals surface area contributed by atoms with Gasteiger partial charge in [0.2, 0.25) is 5.91 Å². The highest BCUT2D eigenvalue weighted by molar-refractivity contribution is 7.11. The van der Waals surface area contributed by atoms with Crippen molar-refractivity contribution < 1.29 is 9.53 Å². The summed E-state index contributed by atoms with van der Waals surface area (Å²) in [4.78, 5) is 22.5. The molecule has 0 unspecified atom stereocenters. The Morgan fingerprint density at radius 1 is 1.32 bits per heavy atom. The van der Waals surface area contributed by atoms with Crippen LogP contribution in [0.3, 0.4) is 0 Å². The molecule has 0 atom stereocenters. The summed E-state index contributed by atoms with van der Waals surface area (Å²) in [6.07, 6.45) is 3.48. The standard InChI is InChI=1S/C15H14N4O2S/c20-14(9-19-10-17-12-3-1-2-4-13(12)19)18-7-11(8-18)21-15-16-5-6-22-15/h1-6,10-11H,7-9H2. The van der Waals surface area contributed by atoms with E-state index in [0.29, 0.717) is 24.8 Å². The number of para-hydroxylation sites is 2. The fourth-order valence-electron chi connectivity index (χ4n) is 2.51. The third-order valence-electron chi connectivity index (χ3n) is 3.71. The van der Waals surface area contributed by atoms with E-state index in [9.17, 15) is 4.79 Å². The minimum Gasteiger partial charge on any atom is -0.463 e. The smallest absolute Gasteiger partial charge is 0.273 e. The zero-order valence-corrected chi connectivity index (χ0v) is 12.6. The van der Waals surface area contributed by atoms with Crippen molar-refractivity contribution in [2.75, 3.05) is 13.1 Å². The lowest BCUT2D eigenvalue weighted by molar-refractivity contribution is -0.140. The van der Waals surface area contributed by atoms with Gasteiger partial charge in [-0.2, -0.15) is 0 Å². The molecule has 6 nitrogen and oxygen atoms in total. The van der Waals surface area contributed by atoms with E-state index in [0.717, 1.165) is 11.0 Å². The molecule has 1 aliphatic rings. The average molecular weight is 314 g/mol. The van der Waals surface area contributed by atoms with Crippen LogP contribution in [0, 0.1) is 0 Å². The number of nitrogens with zero attached hydrogens (tertiary/aromatic N) is 4. The Bertz CT molecular complexity index is 793. The quantitative estimate of drug-likeness (QED) is 0.736. The zero-order chi connectivity index (χ0) is 14.9. The summed E-state index contributed by atoms with van der Waals surface area (Å²) in [5, 5.41) is 2.54. The number of fused-ring (bicyclic) bond motifs is 1. The monoisotopic (exact) mass is 314 g/mol. The van der Waals surface area contributed by atoms with E-state index in [1.807, 2.05) is 34.2 Å². The maximum Gasteiger partial charge on any atom is 0.273 e.